The molecule has 8 nitrogen and oxygen atoms in total. The number of hydrogen-bond acceptors (Lipinski definition) is 4. The van der Waals surface area contributed by atoms with E-state index in [1.54, 1.807) is 0 Å². The van der Waals surface area contributed by atoms with E-state index >= 15 is 0 Å². The maximum Gasteiger partial charge on any atom is 0.326 e. The molecule has 0 aliphatic carbocycles. The number of carboxylic acids is 1. The molecule has 3 amide bonds. The monoisotopic (exact) mass is 299 g/mol. The van der Waals surface area contributed by atoms with Gasteiger partial charge in [0.1, 0.15) is 18.1 Å². The van der Waals surface area contributed by atoms with Crippen LogP contribution in [0.2, 0.25) is 0 Å². The van der Waals surface area contributed by atoms with Crippen molar-refractivity contribution >= 4 is 23.7 Å². The zero-order valence-electron chi connectivity index (χ0n) is 12.4. The second-order valence-corrected chi connectivity index (χ2v) is 5.18. The lowest BCUT2D eigenvalue weighted by Gasteiger charge is -2.26. The minimum absolute atomic E-state index is 0.345. The van der Waals surface area contributed by atoms with Gasteiger partial charge in [0.25, 0.3) is 0 Å². The van der Waals surface area contributed by atoms with Gasteiger partial charge in [0.05, 0.1) is 0 Å². The Bertz CT molecular complexity index is 451. The van der Waals surface area contributed by atoms with Crippen LogP contribution in [-0.2, 0) is 19.2 Å². The standard InChI is InChI=1S/C13H21N3O5/c1-7(14-9(3)17)11(18)15-8(2)12(19)16-6-4-5-10(16)13(20)21/h7-8,10H,4-6H2,1-3H3,(H,14,17)(H,15,18)(H,20,21). The molecule has 0 radical (unpaired) electrons. The highest BCUT2D eigenvalue weighted by molar-refractivity contribution is 5.93. The molecule has 118 valence electrons. The first-order chi connectivity index (χ1) is 9.73. The minimum atomic E-state index is -1.04. The maximum absolute atomic E-state index is 12.2. The summed E-state index contributed by atoms with van der Waals surface area (Å²) in [6.45, 7) is 4.67. The zero-order valence-corrected chi connectivity index (χ0v) is 12.4. The summed E-state index contributed by atoms with van der Waals surface area (Å²) in [5.41, 5.74) is 0. The molecule has 3 N–H and O–H groups in total. The molecule has 0 bridgehead atoms. The van der Waals surface area contributed by atoms with Crippen molar-refractivity contribution in [2.24, 2.45) is 0 Å². The molecule has 0 spiro atoms. The molecule has 8 heteroatoms. The minimum Gasteiger partial charge on any atom is -0.480 e. The third kappa shape index (κ3) is 4.44. The fraction of sp³-hybridized carbons (Fsp3) is 0.692. The highest BCUT2D eigenvalue weighted by Crippen LogP contribution is 2.18. The van der Waals surface area contributed by atoms with Crippen LogP contribution in [0.4, 0.5) is 0 Å². The Morgan fingerprint density at radius 1 is 1.14 bits per heavy atom. The van der Waals surface area contributed by atoms with Gasteiger partial charge in [-0.25, -0.2) is 4.79 Å². The van der Waals surface area contributed by atoms with E-state index in [0.29, 0.717) is 19.4 Å². The SMILES string of the molecule is CC(=O)NC(C)C(=O)NC(C)C(=O)N1CCCC1C(=O)O. The highest BCUT2D eigenvalue weighted by Gasteiger charge is 2.36. The molecule has 0 saturated carbocycles. The molecule has 3 unspecified atom stereocenters. The van der Waals surface area contributed by atoms with Crippen molar-refractivity contribution in [3.05, 3.63) is 0 Å². The van der Waals surface area contributed by atoms with E-state index in [1.165, 1.54) is 25.7 Å². The van der Waals surface area contributed by atoms with Gasteiger partial charge in [-0.15, -0.1) is 0 Å². The number of likely N-dealkylation sites (tertiary alicyclic amines) is 1. The fourth-order valence-electron chi connectivity index (χ4n) is 2.31. The second-order valence-electron chi connectivity index (χ2n) is 5.18. The molecule has 1 saturated heterocycles. The number of amides is 3. The predicted octanol–water partition coefficient (Wildman–Crippen LogP) is -0.909. The quantitative estimate of drug-likeness (QED) is 0.608. The van der Waals surface area contributed by atoms with Crippen LogP contribution in [0.15, 0.2) is 0 Å². The van der Waals surface area contributed by atoms with E-state index in [9.17, 15) is 19.2 Å². The van der Waals surface area contributed by atoms with Gasteiger partial charge < -0.3 is 20.6 Å². The normalized spacial score (nSPS) is 20.5. The lowest BCUT2D eigenvalue weighted by atomic mass is 10.2. The summed E-state index contributed by atoms with van der Waals surface area (Å²) in [7, 11) is 0. The lowest BCUT2D eigenvalue weighted by Crippen LogP contribution is -2.53. The Morgan fingerprint density at radius 3 is 2.29 bits per heavy atom. The second kappa shape index (κ2) is 7.05. The van der Waals surface area contributed by atoms with Crippen molar-refractivity contribution in [1.29, 1.82) is 0 Å². The van der Waals surface area contributed by atoms with Crippen LogP contribution >= 0.6 is 0 Å². The number of aliphatic carboxylic acids is 1. The van der Waals surface area contributed by atoms with Crippen LogP contribution < -0.4 is 10.6 Å². The van der Waals surface area contributed by atoms with Gasteiger partial charge in [-0.3, -0.25) is 14.4 Å². The van der Waals surface area contributed by atoms with E-state index in [0.717, 1.165) is 0 Å². The molecule has 1 aliphatic heterocycles. The van der Waals surface area contributed by atoms with Crippen molar-refractivity contribution in [1.82, 2.24) is 15.5 Å². The van der Waals surface area contributed by atoms with Gasteiger partial charge >= 0.3 is 5.97 Å². The van der Waals surface area contributed by atoms with Gasteiger partial charge in [0.15, 0.2) is 0 Å². The first-order valence-electron chi connectivity index (χ1n) is 6.84. The molecule has 21 heavy (non-hydrogen) atoms. The third-order valence-electron chi connectivity index (χ3n) is 3.36. The van der Waals surface area contributed by atoms with Crippen molar-refractivity contribution < 1.29 is 24.3 Å². The number of hydrogen-bond donors (Lipinski definition) is 3. The summed E-state index contributed by atoms with van der Waals surface area (Å²) < 4.78 is 0. The van der Waals surface area contributed by atoms with E-state index in [1.807, 2.05) is 0 Å². The van der Waals surface area contributed by atoms with E-state index in [4.69, 9.17) is 5.11 Å². The molecular weight excluding hydrogens is 278 g/mol. The summed E-state index contributed by atoms with van der Waals surface area (Å²) in [6.07, 6.45) is 1.05. The summed E-state index contributed by atoms with van der Waals surface area (Å²) in [6, 6.07) is -2.43. The van der Waals surface area contributed by atoms with Gasteiger partial charge in [-0.1, -0.05) is 0 Å². The topological polar surface area (TPSA) is 116 Å². The maximum atomic E-state index is 12.2. The number of carbonyl (C=O) groups excluding carboxylic acids is 3. The van der Waals surface area contributed by atoms with Gasteiger partial charge in [0.2, 0.25) is 17.7 Å². The summed E-state index contributed by atoms with van der Waals surface area (Å²) in [4.78, 5) is 47.2. The van der Waals surface area contributed by atoms with Crippen molar-refractivity contribution in [2.45, 2.75) is 51.7 Å². The smallest absolute Gasteiger partial charge is 0.326 e. The molecular formula is C13H21N3O5. The van der Waals surface area contributed by atoms with E-state index in [2.05, 4.69) is 10.6 Å². The van der Waals surface area contributed by atoms with E-state index in [-0.39, 0.29) is 5.91 Å². The molecule has 0 aromatic rings. The van der Waals surface area contributed by atoms with Crippen LogP contribution in [0.5, 0.6) is 0 Å². The average Bonchev–Trinajstić information content (AvgIpc) is 2.85. The molecule has 0 aromatic carbocycles. The summed E-state index contributed by atoms with van der Waals surface area (Å²) in [5.74, 6) is -2.30. The summed E-state index contributed by atoms with van der Waals surface area (Å²) >= 11 is 0. The highest BCUT2D eigenvalue weighted by atomic mass is 16.4. The Morgan fingerprint density at radius 2 is 1.76 bits per heavy atom. The van der Waals surface area contributed by atoms with Crippen molar-refractivity contribution in [3.8, 4) is 0 Å². The first kappa shape index (κ1) is 16.9. The summed E-state index contributed by atoms with van der Waals surface area (Å²) in [5, 5.41) is 14.0. The van der Waals surface area contributed by atoms with Crippen LogP contribution in [-0.4, -0.2) is 58.4 Å². The Kier molecular flexibility index (Phi) is 5.69. The lowest BCUT2D eigenvalue weighted by molar-refractivity contribution is -0.149. The predicted molar refractivity (Wildman–Crippen MR) is 73.3 cm³/mol. The zero-order chi connectivity index (χ0) is 16.2. The number of nitrogens with zero attached hydrogens (tertiary/aromatic N) is 1. The first-order valence-corrected chi connectivity index (χ1v) is 6.84. The van der Waals surface area contributed by atoms with Crippen LogP contribution in [0, 0.1) is 0 Å². The van der Waals surface area contributed by atoms with Crippen LogP contribution in [0.3, 0.4) is 0 Å². The largest absolute Gasteiger partial charge is 0.480 e. The molecule has 0 aromatic heterocycles. The Balaban J connectivity index is 2.60. The molecule has 1 rings (SSSR count). The van der Waals surface area contributed by atoms with Crippen LogP contribution in [0.25, 0.3) is 0 Å². The third-order valence-corrected chi connectivity index (χ3v) is 3.36. The van der Waals surface area contributed by atoms with Crippen LogP contribution in [0.1, 0.15) is 33.6 Å². The average molecular weight is 299 g/mol. The number of rotatable bonds is 5. The molecule has 1 aliphatic rings. The van der Waals surface area contributed by atoms with Gasteiger partial charge in [-0.05, 0) is 26.7 Å². The Labute approximate surface area is 122 Å². The molecule has 1 heterocycles. The van der Waals surface area contributed by atoms with Gasteiger partial charge in [-0.2, -0.15) is 0 Å². The molecule has 3 atom stereocenters. The molecule has 1 fully saturated rings. The number of carbonyl (C=O) groups is 4. The van der Waals surface area contributed by atoms with Crippen molar-refractivity contribution in [2.75, 3.05) is 6.54 Å². The fourth-order valence-corrected chi connectivity index (χ4v) is 2.31. The number of carboxylic acid groups (broad SMARTS) is 1. The van der Waals surface area contributed by atoms with Gasteiger partial charge in [0, 0.05) is 13.5 Å². The van der Waals surface area contributed by atoms with Crippen molar-refractivity contribution in [3.63, 3.8) is 0 Å². The Hall–Kier alpha value is -2.12. The van der Waals surface area contributed by atoms with E-state index < -0.39 is 35.9 Å². The number of nitrogens with one attached hydrogen (secondary N) is 2.